The maximum absolute atomic E-state index is 5.54. The highest BCUT2D eigenvalue weighted by Gasteiger charge is 2.23. The maximum atomic E-state index is 5.54. The van der Waals surface area contributed by atoms with E-state index in [-0.39, 0.29) is 0 Å². The topological polar surface area (TPSA) is 40.2 Å². The second kappa shape index (κ2) is 4.81. The van der Waals surface area contributed by atoms with Gasteiger partial charge in [0.25, 0.3) is 0 Å². The van der Waals surface area contributed by atoms with Gasteiger partial charge in [-0.25, -0.2) is 0 Å². The van der Waals surface area contributed by atoms with Crippen LogP contribution in [0.2, 0.25) is 0 Å². The lowest BCUT2D eigenvalue weighted by Gasteiger charge is -2.10. The molecule has 5 nitrogen and oxygen atoms in total. The predicted molar refractivity (Wildman–Crippen MR) is 73.4 cm³/mol. The zero-order valence-electron chi connectivity index (χ0n) is 10.4. The molecule has 0 saturated carbocycles. The molecular formula is C14H11NO4S. The highest BCUT2D eigenvalue weighted by molar-refractivity contribution is 7.96. The van der Waals surface area contributed by atoms with Crippen LogP contribution in [0.4, 0.5) is 0 Å². The fraction of sp³-hybridized carbons (Fsp3) is 0.143. The molecule has 2 heterocycles. The molecule has 2 aromatic rings. The van der Waals surface area contributed by atoms with E-state index in [1.54, 1.807) is 0 Å². The van der Waals surface area contributed by atoms with Crippen molar-refractivity contribution in [1.82, 2.24) is 4.63 Å². The van der Waals surface area contributed by atoms with E-state index in [1.807, 2.05) is 42.5 Å². The Balaban J connectivity index is 1.40. The second-order valence-electron chi connectivity index (χ2n) is 4.31. The van der Waals surface area contributed by atoms with Gasteiger partial charge in [0.15, 0.2) is 23.0 Å². The van der Waals surface area contributed by atoms with Crippen LogP contribution in [-0.2, 0) is 5.75 Å². The Morgan fingerprint density at radius 2 is 1.65 bits per heavy atom. The summed E-state index contributed by atoms with van der Waals surface area (Å²) in [6.07, 6.45) is 0. The van der Waals surface area contributed by atoms with Crippen molar-refractivity contribution >= 4 is 11.9 Å². The van der Waals surface area contributed by atoms with Gasteiger partial charge in [0.2, 0.25) is 6.79 Å². The Morgan fingerprint density at radius 1 is 0.900 bits per heavy atom. The molecular weight excluding hydrogens is 278 g/mol. The molecule has 6 heteroatoms. The van der Waals surface area contributed by atoms with Gasteiger partial charge in [0.1, 0.15) is 0 Å². The van der Waals surface area contributed by atoms with Gasteiger partial charge in [-0.1, -0.05) is 18.2 Å². The number of hydrogen-bond acceptors (Lipinski definition) is 6. The summed E-state index contributed by atoms with van der Waals surface area (Å²) in [5.74, 6) is 3.75. The van der Waals surface area contributed by atoms with E-state index in [2.05, 4.69) is 0 Å². The van der Waals surface area contributed by atoms with Crippen molar-refractivity contribution in [3.63, 3.8) is 0 Å². The highest BCUT2D eigenvalue weighted by Crippen LogP contribution is 2.38. The third-order valence-electron chi connectivity index (χ3n) is 2.97. The van der Waals surface area contributed by atoms with E-state index in [0.717, 1.165) is 28.6 Å². The lowest BCUT2D eigenvalue weighted by atomic mass is 10.2. The summed E-state index contributed by atoms with van der Waals surface area (Å²) < 4.78 is 12.1. The second-order valence-corrected chi connectivity index (χ2v) is 5.16. The largest absolute Gasteiger partial charge is 0.454 e. The first-order chi connectivity index (χ1) is 9.88. The average molecular weight is 289 g/mol. The van der Waals surface area contributed by atoms with Crippen molar-refractivity contribution < 1.29 is 19.1 Å². The van der Waals surface area contributed by atoms with Crippen molar-refractivity contribution in [3.05, 3.63) is 48.0 Å². The van der Waals surface area contributed by atoms with E-state index >= 15 is 0 Å². The molecule has 0 amide bonds. The summed E-state index contributed by atoms with van der Waals surface area (Å²) in [5.41, 5.74) is 1.11. The smallest absolute Gasteiger partial charge is 0.231 e. The van der Waals surface area contributed by atoms with Crippen molar-refractivity contribution in [1.29, 1.82) is 0 Å². The minimum absolute atomic E-state index is 0.291. The Kier molecular flexibility index (Phi) is 2.82. The fourth-order valence-corrected chi connectivity index (χ4v) is 2.69. The molecule has 0 fully saturated rings. The number of para-hydroxylation sites is 2. The van der Waals surface area contributed by atoms with E-state index in [9.17, 15) is 0 Å². The lowest BCUT2D eigenvalue weighted by Crippen LogP contribution is -2.17. The molecule has 0 radical (unpaired) electrons. The molecule has 20 heavy (non-hydrogen) atoms. The number of nitrogens with zero attached hydrogens (tertiary/aromatic N) is 1. The minimum Gasteiger partial charge on any atom is -0.454 e. The molecule has 0 atom stereocenters. The van der Waals surface area contributed by atoms with Gasteiger partial charge in [0.05, 0.1) is 4.63 Å². The number of fused-ring (bicyclic) bond motifs is 2. The van der Waals surface area contributed by atoms with Crippen molar-refractivity contribution in [2.45, 2.75) is 5.75 Å². The minimum atomic E-state index is 0.291. The van der Waals surface area contributed by atoms with Crippen LogP contribution in [0.15, 0.2) is 42.5 Å². The Hall–Kier alpha value is -2.05. The Bertz CT molecular complexity index is 624. The first-order valence-corrected chi connectivity index (χ1v) is 7.09. The van der Waals surface area contributed by atoms with Crippen LogP contribution in [-0.4, -0.2) is 11.4 Å². The number of ether oxygens (including phenoxy) is 2. The van der Waals surface area contributed by atoms with Gasteiger partial charge in [0, 0.05) is 17.7 Å². The summed E-state index contributed by atoms with van der Waals surface area (Å²) in [7, 11) is 0. The molecule has 0 N–H and O–H groups in total. The maximum Gasteiger partial charge on any atom is 0.231 e. The van der Waals surface area contributed by atoms with Crippen LogP contribution < -0.4 is 19.1 Å². The quantitative estimate of drug-likeness (QED) is 0.808. The van der Waals surface area contributed by atoms with Gasteiger partial charge in [-0.05, 0) is 29.8 Å². The molecule has 2 aliphatic heterocycles. The Morgan fingerprint density at radius 3 is 2.45 bits per heavy atom. The van der Waals surface area contributed by atoms with Gasteiger partial charge >= 0.3 is 0 Å². The molecule has 0 unspecified atom stereocenters. The molecule has 102 valence electrons. The molecule has 2 aliphatic rings. The summed E-state index contributed by atoms with van der Waals surface area (Å²) in [4.78, 5) is 11.1. The van der Waals surface area contributed by atoms with Crippen LogP contribution in [0.5, 0.6) is 23.0 Å². The van der Waals surface area contributed by atoms with Crippen LogP contribution in [0.3, 0.4) is 0 Å². The molecule has 0 saturated heterocycles. The standard InChI is InChI=1S/C14H11NO4S/c1-2-4-13-12(3-1)18-15(19-13)20-8-10-5-6-11-14(7-10)17-9-16-11/h1-7H,8-9H2. The van der Waals surface area contributed by atoms with Crippen LogP contribution >= 0.6 is 11.9 Å². The highest BCUT2D eigenvalue weighted by atomic mass is 32.2. The predicted octanol–water partition coefficient (Wildman–Crippen LogP) is 3.17. The van der Waals surface area contributed by atoms with Gasteiger partial charge in [-0.15, -0.1) is 0 Å². The Labute approximate surface area is 120 Å². The average Bonchev–Trinajstić information content (AvgIpc) is 3.10. The summed E-state index contributed by atoms with van der Waals surface area (Å²) in [6, 6.07) is 13.5. The third kappa shape index (κ3) is 2.13. The van der Waals surface area contributed by atoms with E-state index in [0.29, 0.717) is 12.5 Å². The SMILES string of the molecule is c1ccc2c(c1)ON(SCc1ccc3c(c1)OCO3)O2. The number of benzene rings is 2. The molecule has 2 aromatic carbocycles. The van der Waals surface area contributed by atoms with Gasteiger partial charge in [-0.3, -0.25) is 0 Å². The van der Waals surface area contributed by atoms with Crippen molar-refractivity contribution in [2.75, 3.05) is 6.79 Å². The zero-order valence-corrected chi connectivity index (χ0v) is 11.3. The molecule has 0 aromatic heterocycles. The number of rotatable bonds is 3. The van der Waals surface area contributed by atoms with Crippen LogP contribution in [0.25, 0.3) is 0 Å². The number of hydrogen-bond donors (Lipinski definition) is 0. The molecule has 0 spiro atoms. The summed E-state index contributed by atoms with van der Waals surface area (Å²) in [5, 5.41) is 0. The van der Waals surface area contributed by atoms with Gasteiger partial charge < -0.3 is 19.1 Å². The van der Waals surface area contributed by atoms with Crippen LogP contribution in [0, 0.1) is 0 Å². The fourth-order valence-electron chi connectivity index (χ4n) is 1.99. The first kappa shape index (κ1) is 11.7. The van der Waals surface area contributed by atoms with Crippen molar-refractivity contribution in [2.24, 2.45) is 0 Å². The molecule has 0 aliphatic carbocycles. The van der Waals surface area contributed by atoms with E-state index in [1.165, 1.54) is 16.6 Å². The summed E-state index contributed by atoms with van der Waals surface area (Å²) >= 11 is 1.43. The van der Waals surface area contributed by atoms with Gasteiger partial charge in [-0.2, -0.15) is 0 Å². The normalized spacial score (nSPS) is 15.6. The van der Waals surface area contributed by atoms with Crippen LogP contribution in [0.1, 0.15) is 5.56 Å². The van der Waals surface area contributed by atoms with E-state index in [4.69, 9.17) is 19.1 Å². The zero-order chi connectivity index (χ0) is 13.4. The summed E-state index contributed by atoms with van der Waals surface area (Å²) in [6.45, 7) is 0.291. The lowest BCUT2D eigenvalue weighted by molar-refractivity contribution is -0.128. The monoisotopic (exact) mass is 289 g/mol. The molecule has 4 rings (SSSR count). The van der Waals surface area contributed by atoms with Crippen molar-refractivity contribution in [3.8, 4) is 23.0 Å². The van der Waals surface area contributed by atoms with E-state index < -0.39 is 0 Å². The first-order valence-electron chi connectivity index (χ1n) is 6.15. The third-order valence-corrected chi connectivity index (χ3v) is 3.79. The molecule has 0 bridgehead atoms.